The Morgan fingerprint density at radius 3 is 2.41 bits per heavy atom. The Morgan fingerprint density at radius 2 is 1.82 bits per heavy atom. The third-order valence-corrected chi connectivity index (χ3v) is 4.44. The molecule has 1 aliphatic carbocycles. The van der Waals surface area contributed by atoms with E-state index in [2.05, 4.69) is 27.3 Å². The predicted octanol–water partition coefficient (Wildman–Crippen LogP) is -0.0307. The van der Waals surface area contributed by atoms with E-state index in [1.54, 1.807) is 0 Å². The molecule has 2 aliphatic heterocycles. The fraction of sp³-hybridized carbons (Fsp3) is 0.846. The van der Waals surface area contributed by atoms with Gasteiger partial charge in [0.15, 0.2) is 0 Å². The first-order valence-electron chi connectivity index (χ1n) is 6.98. The number of allylic oxidation sites excluding steroid dienone is 1. The Labute approximate surface area is 104 Å². The van der Waals surface area contributed by atoms with Crippen LogP contribution in [0, 0.1) is 0 Å². The van der Waals surface area contributed by atoms with Gasteiger partial charge in [0, 0.05) is 38.3 Å². The van der Waals surface area contributed by atoms with Crippen molar-refractivity contribution in [1.82, 2.24) is 15.1 Å². The molecule has 3 atom stereocenters. The van der Waals surface area contributed by atoms with Crippen LogP contribution in [0.1, 0.15) is 19.3 Å². The van der Waals surface area contributed by atoms with Crippen LogP contribution in [0.15, 0.2) is 12.2 Å². The molecule has 0 aromatic heterocycles. The molecule has 3 rings (SSSR count). The number of nitrogens with zero attached hydrogens (tertiary/aromatic N) is 2. The first kappa shape index (κ1) is 11.7. The molecule has 2 fully saturated rings. The van der Waals surface area contributed by atoms with Gasteiger partial charge < -0.3 is 11.1 Å². The summed E-state index contributed by atoms with van der Waals surface area (Å²) in [5.41, 5.74) is 6.14. The minimum Gasteiger partial charge on any atom is -0.325 e. The minimum absolute atomic E-state index is 0.327. The molecular formula is C13H24N4. The van der Waals surface area contributed by atoms with Crippen molar-refractivity contribution in [2.75, 3.05) is 32.7 Å². The molecule has 2 heterocycles. The molecule has 0 amide bonds. The quantitative estimate of drug-likeness (QED) is 0.661. The lowest BCUT2D eigenvalue weighted by atomic mass is 10.1. The van der Waals surface area contributed by atoms with E-state index < -0.39 is 0 Å². The van der Waals surface area contributed by atoms with Crippen molar-refractivity contribution in [2.24, 2.45) is 5.73 Å². The number of hydrogen-bond donors (Lipinski definition) is 2. The van der Waals surface area contributed by atoms with Gasteiger partial charge in [-0.25, -0.2) is 0 Å². The lowest BCUT2D eigenvalue weighted by Gasteiger charge is -2.41. The monoisotopic (exact) mass is 236 g/mol. The first-order valence-corrected chi connectivity index (χ1v) is 6.98. The van der Waals surface area contributed by atoms with Gasteiger partial charge in [0.05, 0.1) is 6.17 Å². The van der Waals surface area contributed by atoms with Crippen LogP contribution in [0.2, 0.25) is 0 Å². The van der Waals surface area contributed by atoms with Gasteiger partial charge in [-0.2, -0.15) is 0 Å². The summed E-state index contributed by atoms with van der Waals surface area (Å²) in [7, 11) is 0. The number of nitrogens with two attached hydrogens (primary N) is 1. The average molecular weight is 236 g/mol. The van der Waals surface area contributed by atoms with E-state index in [1.165, 1.54) is 25.9 Å². The van der Waals surface area contributed by atoms with E-state index in [0.29, 0.717) is 18.2 Å². The van der Waals surface area contributed by atoms with Crippen LogP contribution in [0.3, 0.4) is 0 Å². The van der Waals surface area contributed by atoms with Crippen molar-refractivity contribution in [2.45, 2.75) is 37.5 Å². The van der Waals surface area contributed by atoms with E-state index in [0.717, 1.165) is 26.1 Å². The smallest absolute Gasteiger partial charge is 0.0754 e. The predicted molar refractivity (Wildman–Crippen MR) is 69.7 cm³/mol. The maximum atomic E-state index is 6.14. The van der Waals surface area contributed by atoms with Crippen molar-refractivity contribution in [3.05, 3.63) is 12.2 Å². The van der Waals surface area contributed by atoms with Crippen molar-refractivity contribution < 1.29 is 0 Å². The summed E-state index contributed by atoms with van der Waals surface area (Å²) in [6.07, 6.45) is 8.84. The van der Waals surface area contributed by atoms with Crippen molar-refractivity contribution in [1.29, 1.82) is 0 Å². The minimum atomic E-state index is 0.327. The van der Waals surface area contributed by atoms with E-state index >= 15 is 0 Å². The van der Waals surface area contributed by atoms with Gasteiger partial charge >= 0.3 is 0 Å². The molecule has 2 saturated heterocycles. The van der Waals surface area contributed by atoms with Crippen molar-refractivity contribution in [3.8, 4) is 0 Å². The summed E-state index contributed by atoms with van der Waals surface area (Å²) < 4.78 is 0. The average Bonchev–Trinajstić information content (AvgIpc) is 3.00. The molecule has 0 radical (unpaired) electrons. The number of rotatable bonds is 2. The molecule has 0 aromatic carbocycles. The zero-order chi connectivity index (χ0) is 11.7. The highest BCUT2D eigenvalue weighted by Gasteiger charge is 2.32. The second kappa shape index (κ2) is 5.06. The van der Waals surface area contributed by atoms with E-state index in [1.807, 2.05) is 0 Å². The van der Waals surface area contributed by atoms with Crippen LogP contribution in [-0.4, -0.2) is 60.8 Å². The van der Waals surface area contributed by atoms with Gasteiger partial charge in [-0.1, -0.05) is 12.2 Å². The van der Waals surface area contributed by atoms with E-state index in [-0.39, 0.29) is 0 Å². The highest BCUT2D eigenvalue weighted by Crippen LogP contribution is 2.19. The van der Waals surface area contributed by atoms with Crippen LogP contribution >= 0.6 is 0 Å². The highest BCUT2D eigenvalue weighted by atomic mass is 15.4. The molecule has 0 spiro atoms. The van der Waals surface area contributed by atoms with Crippen LogP contribution in [-0.2, 0) is 0 Å². The molecule has 3 unspecified atom stereocenters. The lowest BCUT2D eigenvalue weighted by Crippen LogP contribution is -2.58. The van der Waals surface area contributed by atoms with E-state index in [4.69, 9.17) is 5.73 Å². The second-order valence-electron chi connectivity index (χ2n) is 5.50. The maximum Gasteiger partial charge on any atom is 0.0754 e. The van der Waals surface area contributed by atoms with Crippen LogP contribution in [0.25, 0.3) is 0 Å². The van der Waals surface area contributed by atoms with Gasteiger partial charge in [-0.3, -0.25) is 9.80 Å². The normalized spacial score (nSPS) is 40.2. The lowest BCUT2D eigenvalue weighted by molar-refractivity contribution is 0.0698. The maximum absolute atomic E-state index is 6.14. The standard InChI is InChI=1S/C13H24N4/c14-12-5-6-15-13(12)17-9-7-16(8-10-17)11-3-1-2-4-11/h1,3,11-13,15H,2,4-10,14H2. The fourth-order valence-electron chi connectivity index (χ4n) is 3.38. The molecule has 0 saturated carbocycles. The highest BCUT2D eigenvalue weighted by molar-refractivity contribution is 5.03. The van der Waals surface area contributed by atoms with Gasteiger partial charge in [-0.05, 0) is 25.8 Å². The van der Waals surface area contributed by atoms with Gasteiger partial charge in [0.2, 0.25) is 0 Å². The van der Waals surface area contributed by atoms with Gasteiger partial charge in [-0.15, -0.1) is 0 Å². The number of hydrogen-bond acceptors (Lipinski definition) is 4. The molecular weight excluding hydrogens is 212 g/mol. The van der Waals surface area contributed by atoms with Crippen LogP contribution < -0.4 is 11.1 Å². The summed E-state index contributed by atoms with van der Waals surface area (Å²) >= 11 is 0. The molecule has 3 aliphatic rings. The zero-order valence-electron chi connectivity index (χ0n) is 10.5. The van der Waals surface area contributed by atoms with Crippen molar-refractivity contribution >= 4 is 0 Å². The Balaban J connectivity index is 1.51. The largest absolute Gasteiger partial charge is 0.325 e. The molecule has 3 N–H and O–H groups in total. The van der Waals surface area contributed by atoms with Crippen molar-refractivity contribution in [3.63, 3.8) is 0 Å². The van der Waals surface area contributed by atoms with Crippen LogP contribution in [0.5, 0.6) is 0 Å². The molecule has 4 heteroatoms. The van der Waals surface area contributed by atoms with Gasteiger partial charge in [0.1, 0.15) is 0 Å². The summed E-state index contributed by atoms with van der Waals surface area (Å²) in [5.74, 6) is 0. The molecule has 0 bridgehead atoms. The SMILES string of the molecule is NC1CCNC1N1CCN(C2C=CCC2)CC1. The van der Waals surface area contributed by atoms with Crippen LogP contribution in [0.4, 0.5) is 0 Å². The summed E-state index contributed by atoms with van der Waals surface area (Å²) in [5, 5.41) is 3.53. The molecule has 4 nitrogen and oxygen atoms in total. The Morgan fingerprint density at radius 1 is 1.06 bits per heavy atom. The Bertz CT molecular complexity index is 283. The fourth-order valence-corrected chi connectivity index (χ4v) is 3.38. The third-order valence-electron chi connectivity index (χ3n) is 4.44. The first-order chi connectivity index (χ1) is 8.34. The Kier molecular flexibility index (Phi) is 3.47. The topological polar surface area (TPSA) is 44.5 Å². The van der Waals surface area contributed by atoms with E-state index in [9.17, 15) is 0 Å². The molecule has 17 heavy (non-hydrogen) atoms. The third kappa shape index (κ3) is 2.40. The number of nitrogens with one attached hydrogen (secondary N) is 1. The molecule has 96 valence electrons. The number of piperazine rings is 1. The zero-order valence-corrected chi connectivity index (χ0v) is 10.5. The summed E-state index contributed by atoms with van der Waals surface area (Å²) in [6.45, 7) is 5.79. The van der Waals surface area contributed by atoms with Gasteiger partial charge in [0.25, 0.3) is 0 Å². The Hall–Kier alpha value is -0.420. The summed E-state index contributed by atoms with van der Waals surface area (Å²) in [4.78, 5) is 5.16. The summed E-state index contributed by atoms with van der Waals surface area (Å²) in [6, 6.07) is 1.04. The second-order valence-corrected chi connectivity index (χ2v) is 5.50. The molecule has 0 aromatic rings.